The van der Waals surface area contributed by atoms with Crippen LogP contribution in [0.5, 0.6) is 11.5 Å². The summed E-state index contributed by atoms with van der Waals surface area (Å²) in [6.07, 6.45) is 4.46. The minimum atomic E-state index is -3.21. The number of amides is 1. The summed E-state index contributed by atoms with van der Waals surface area (Å²) in [5.74, 6) is 1.10. The number of nitrogens with zero attached hydrogens (tertiary/aromatic N) is 2. The zero-order chi connectivity index (χ0) is 24.3. The van der Waals surface area contributed by atoms with Gasteiger partial charge in [0.05, 0.1) is 42.7 Å². The lowest BCUT2D eigenvalue weighted by atomic mass is 10.1. The van der Waals surface area contributed by atoms with Crippen molar-refractivity contribution in [1.29, 1.82) is 0 Å². The quantitative estimate of drug-likeness (QED) is 0.374. The maximum atomic E-state index is 12.2. The first kappa shape index (κ1) is 23.8. The lowest BCUT2D eigenvalue weighted by Crippen LogP contribution is -2.39. The Morgan fingerprint density at radius 3 is 2.44 bits per heavy atom. The van der Waals surface area contributed by atoms with E-state index in [-0.39, 0.29) is 11.5 Å². The number of benzene rings is 2. The Hall–Kier alpha value is -3.37. The number of ether oxygens (including phenoxy) is 2. The van der Waals surface area contributed by atoms with Crippen molar-refractivity contribution < 1.29 is 22.7 Å². The number of nitrogens with one attached hydrogen (secondary N) is 2. The number of alkyl halides is 1. The van der Waals surface area contributed by atoms with Crippen LogP contribution >= 0.6 is 11.6 Å². The van der Waals surface area contributed by atoms with E-state index in [9.17, 15) is 13.2 Å². The molecule has 11 heteroatoms. The van der Waals surface area contributed by atoms with Crippen LogP contribution in [-0.2, 0) is 14.6 Å². The number of carbonyl (C=O) groups excluding carboxylic acids is 1. The predicted molar refractivity (Wildman–Crippen MR) is 132 cm³/mol. The van der Waals surface area contributed by atoms with Gasteiger partial charge in [-0.2, -0.15) is 0 Å². The minimum absolute atomic E-state index is 0.125. The van der Waals surface area contributed by atoms with Gasteiger partial charge in [0.15, 0.2) is 21.3 Å². The Morgan fingerprint density at radius 1 is 1.09 bits per heavy atom. The highest BCUT2D eigenvalue weighted by molar-refractivity contribution is 7.91. The number of anilines is 2. The number of carbonyl (C=O) groups is 1. The molecule has 9 nitrogen and oxygen atoms in total. The normalized spacial score (nSPS) is 19.3. The average Bonchev–Trinajstić information content (AvgIpc) is 3.08. The van der Waals surface area contributed by atoms with Crippen molar-refractivity contribution in [3.05, 3.63) is 54.4 Å². The van der Waals surface area contributed by atoms with Crippen LogP contribution < -0.4 is 20.1 Å². The van der Waals surface area contributed by atoms with Gasteiger partial charge in [-0.1, -0.05) is 12.1 Å². The first-order chi connectivity index (χ1) is 16.3. The Labute approximate surface area is 202 Å². The van der Waals surface area contributed by atoms with Crippen LogP contribution in [0, 0.1) is 0 Å². The molecule has 4 rings (SSSR count). The molecule has 34 heavy (non-hydrogen) atoms. The van der Waals surface area contributed by atoms with Crippen LogP contribution in [-0.4, -0.2) is 61.4 Å². The van der Waals surface area contributed by atoms with Crippen LogP contribution in [0.3, 0.4) is 0 Å². The van der Waals surface area contributed by atoms with Crippen molar-refractivity contribution in [2.45, 2.75) is 11.4 Å². The maximum Gasteiger partial charge on any atom is 0.244 e. The zero-order valence-corrected chi connectivity index (χ0v) is 20.1. The third kappa shape index (κ3) is 5.40. The SMILES string of the molecule is COc1cc2ncnc(Nc3ccc(/C=C/C(=O)NC4CS(=O)(=O)CC4Cl)cc3)c2cc1OC. The summed E-state index contributed by atoms with van der Waals surface area (Å²) in [4.78, 5) is 20.8. The van der Waals surface area contributed by atoms with E-state index in [1.54, 1.807) is 26.4 Å². The monoisotopic (exact) mass is 502 g/mol. The van der Waals surface area contributed by atoms with Crippen LogP contribution in [0.2, 0.25) is 0 Å². The van der Waals surface area contributed by atoms with Gasteiger partial charge >= 0.3 is 0 Å². The van der Waals surface area contributed by atoms with Gasteiger partial charge in [-0.15, -0.1) is 11.6 Å². The number of hydrogen-bond donors (Lipinski definition) is 2. The second-order valence-electron chi connectivity index (χ2n) is 7.73. The number of sulfone groups is 1. The highest BCUT2D eigenvalue weighted by atomic mass is 35.5. The Kier molecular flexibility index (Phi) is 6.90. The number of aromatic nitrogens is 2. The predicted octanol–water partition coefficient (Wildman–Crippen LogP) is 2.92. The topological polar surface area (TPSA) is 120 Å². The molecule has 0 saturated carbocycles. The number of fused-ring (bicyclic) bond motifs is 1. The van der Waals surface area contributed by atoms with Crippen molar-refractivity contribution in [2.75, 3.05) is 31.0 Å². The van der Waals surface area contributed by atoms with Gasteiger partial charge in [-0.25, -0.2) is 18.4 Å². The second kappa shape index (κ2) is 9.86. The van der Waals surface area contributed by atoms with Crippen LogP contribution in [0.15, 0.2) is 48.8 Å². The average molecular weight is 503 g/mol. The Morgan fingerprint density at radius 2 is 1.79 bits per heavy atom. The lowest BCUT2D eigenvalue weighted by Gasteiger charge is -2.12. The van der Waals surface area contributed by atoms with E-state index >= 15 is 0 Å². The molecular weight excluding hydrogens is 480 g/mol. The van der Waals surface area contributed by atoms with Crippen molar-refractivity contribution in [2.24, 2.45) is 0 Å². The van der Waals surface area contributed by atoms with Crippen LogP contribution in [0.1, 0.15) is 5.56 Å². The summed E-state index contributed by atoms with van der Waals surface area (Å²) < 4.78 is 34.0. The molecule has 2 atom stereocenters. The first-order valence-electron chi connectivity index (χ1n) is 10.3. The Bertz CT molecular complexity index is 1350. The molecule has 0 spiro atoms. The van der Waals surface area contributed by atoms with E-state index in [1.165, 1.54) is 12.4 Å². The van der Waals surface area contributed by atoms with Gasteiger partial charge < -0.3 is 20.1 Å². The highest BCUT2D eigenvalue weighted by Crippen LogP contribution is 2.34. The summed E-state index contributed by atoms with van der Waals surface area (Å²) in [7, 11) is -0.0762. The third-order valence-electron chi connectivity index (χ3n) is 5.35. The summed E-state index contributed by atoms with van der Waals surface area (Å²) >= 11 is 6.03. The number of hydrogen-bond acceptors (Lipinski definition) is 8. The fourth-order valence-corrected chi connectivity index (χ4v) is 6.19. The minimum Gasteiger partial charge on any atom is -0.493 e. The molecule has 0 bridgehead atoms. The molecule has 1 fully saturated rings. The molecular formula is C23H23ClN4O5S. The standard InChI is InChI=1S/C23H23ClN4O5S/c1-32-20-9-16-18(10-21(20)33-2)25-13-26-23(16)27-15-6-3-14(4-7-15)5-8-22(29)28-19-12-34(30,31)11-17(19)24/h3-10,13,17,19H,11-12H2,1-2H3,(H,28,29)(H,25,26,27)/b8-5+. The van der Waals surface area contributed by atoms with Crippen molar-refractivity contribution in [3.8, 4) is 11.5 Å². The summed E-state index contributed by atoms with van der Waals surface area (Å²) in [6.45, 7) is 0. The summed E-state index contributed by atoms with van der Waals surface area (Å²) in [5.41, 5.74) is 2.29. The molecule has 178 valence electrons. The molecule has 2 N–H and O–H groups in total. The number of methoxy groups -OCH3 is 2. The molecule has 2 aromatic carbocycles. The molecule has 3 aromatic rings. The molecule has 1 saturated heterocycles. The number of rotatable bonds is 7. The molecule has 2 heterocycles. The van der Waals surface area contributed by atoms with E-state index in [0.29, 0.717) is 22.8 Å². The fraction of sp³-hybridized carbons (Fsp3) is 0.261. The zero-order valence-electron chi connectivity index (χ0n) is 18.5. The largest absolute Gasteiger partial charge is 0.493 e. The molecule has 0 aliphatic carbocycles. The van der Waals surface area contributed by atoms with Crippen LogP contribution in [0.25, 0.3) is 17.0 Å². The highest BCUT2D eigenvalue weighted by Gasteiger charge is 2.36. The summed E-state index contributed by atoms with van der Waals surface area (Å²) in [6, 6.07) is 10.4. The fourth-order valence-electron chi connectivity index (χ4n) is 3.64. The lowest BCUT2D eigenvalue weighted by molar-refractivity contribution is -0.116. The van der Waals surface area contributed by atoms with Gasteiger partial charge in [-0.05, 0) is 29.8 Å². The van der Waals surface area contributed by atoms with Gasteiger partial charge in [0.2, 0.25) is 5.91 Å². The summed E-state index contributed by atoms with van der Waals surface area (Å²) in [5, 5.41) is 6.07. The van der Waals surface area contributed by atoms with Gasteiger partial charge in [0, 0.05) is 23.2 Å². The van der Waals surface area contributed by atoms with Gasteiger partial charge in [0.1, 0.15) is 12.1 Å². The van der Waals surface area contributed by atoms with Crippen molar-refractivity contribution in [1.82, 2.24) is 15.3 Å². The molecule has 1 aliphatic heterocycles. The molecule has 2 unspecified atom stereocenters. The second-order valence-corrected chi connectivity index (χ2v) is 10.4. The molecule has 0 radical (unpaired) electrons. The van der Waals surface area contributed by atoms with E-state index in [1.807, 2.05) is 30.3 Å². The van der Waals surface area contributed by atoms with E-state index in [2.05, 4.69) is 20.6 Å². The number of halogens is 1. The maximum absolute atomic E-state index is 12.2. The molecule has 1 aromatic heterocycles. The third-order valence-corrected chi connectivity index (χ3v) is 7.73. The first-order valence-corrected chi connectivity index (χ1v) is 12.6. The van der Waals surface area contributed by atoms with E-state index in [4.69, 9.17) is 21.1 Å². The van der Waals surface area contributed by atoms with Gasteiger partial charge in [0.25, 0.3) is 0 Å². The van der Waals surface area contributed by atoms with Crippen LogP contribution in [0.4, 0.5) is 11.5 Å². The van der Waals surface area contributed by atoms with Crippen molar-refractivity contribution in [3.63, 3.8) is 0 Å². The molecule has 1 aliphatic rings. The Balaban J connectivity index is 1.44. The van der Waals surface area contributed by atoms with Gasteiger partial charge in [-0.3, -0.25) is 4.79 Å². The molecule has 1 amide bonds. The van der Waals surface area contributed by atoms with Crippen molar-refractivity contribution >= 4 is 55.8 Å². The smallest absolute Gasteiger partial charge is 0.244 e. The van der Waals surface area contributed by atoms with E-state index in [0.717, 1.165) is 16.6 Å². The van der Waals surface area contributed by atoms with E-state index < -0.39 is 27.2 Å².